The number of rotatable bonds is 4. The lowest BCUT2D eigenvalue weighted by Crippen LogP contribution is -2.12. The number of nitrogens with zero attached hydrogens (tertiary/aromatic N) is 4. The van der Waals surface area contributed by atoms with Crippen molar-refractivity contribution >= 4 is 39.0 Å². The van der Waals surface area contributed by atoms with Gasteiger partial charge in [0.15, 0.2) is 0 Å². The summed E-state index contributed by atoms with van der Waals surface area (Å²) in [6, 6.07) is 6.22. The molecule has 0 aliphatic heterocycles. The first-order valence-corrected chi connectivity index (χ1v) is 11.0. The summed E-state index contributed by atoms with van der Waals surface area (Å²) in [6.07, 6.45) is 10.8. The van der Waals surface area contributed by atoms with Crippen molar-refractivity contribution in [2.75, 3.05) is 5.73 Å². The smallest absolute Gasteiger partial charge is 0.127 e. The van der Waals surface area contributed by atoms with Crippen molar-refractivity contribution in [2.24, 2.45) is 0 Å². The zero-order valence-electron chi connectivity index (χ0n) is 15.4. The lowest BCUT2D eigenvalue weighted by atomic mass is 10.00. The number of anilines is 1. The van der Waals surface area contributed by atoms with E-state index in [1.54, 1.807) is 23.7 Å². The predicted molar refractivity (Wildman–Crippen MR) is 117 cm³/mol. The second-order valence-corrected chi connectivity index (χ2v) is 9.59. The normalized spacial score (nSPS) is 14.3. The van der Waals surface area contributed by atoms with E-state index in [1.165, 1.54) is 29.8 Å². The lowest BCUT2D eigenvalue weighted by Gasteiger charge is -2.23. The summed E-state index contributed by atoms with van der Waals surface area (Å²) in [5, 5.41) is 1.72. The van der Waals surface area contributed by atoms with E-state index in [0.717, 1.165) is 44.0 Å². The van der Waals surface area contributed by atoms with Crippen LogP contribution in [0.3, 0.4) is 0 Å². The zero-order chi connectivity index (χ0) is 19.1. The number of aryl methyl sites for hydroxylation is 1. The average molecular weight is 406 g/mol. The fraction of sp³-hybridized carbons (Fsp3) is 0.238. The maximum atomic E-state index is 6.64. The summed E-state index contributed by atoms with van der Waals surface area (Å²) in [4.78, 5) is 18.5. The third kappa shape index (κ3) is 3.14. The van der Waals surface area contributed by atoms with Gasteiger partial charge in [-0.1, -0.05) is 6.42 Å². The van der Waals surface area contributed by atoms with Crippen molar-refractivity contribution in [1.29, 1.82) is 0 Å². The molecule has 0 saturated heterocycles. The number of hydrogen-bond acceptors (Lipinski definition) is 7. The second-order valence-electron chi connectivity index (χ2n) is 7.02. The number of nitrogens with two attached hydrogens (primary N) is 1. The summed E-state index contributed by atoms with van der Waals surface area (Å²) in [5.41, 5.74) is 12.4. The SMILES string of the molecule is Cc1cc(-c2cc(-c3cncnc3)nc3sc(SC4CCC4)c(N)c23)ccn1. The molecule has 1 aliphatic rings. The maximum Gasteiger partial charge on any atom is 0.127 e. The number of aromatic nitrogens is 4. The Morgan fingerprint density at radius 2 is 1.96 bits per heavy atom. The molecule has 0 amide bonds. The van der Waals surface area contributed by atoms with Gasteiger partial charge in [0.05, 0.1) is 15.6 Å². The minimum Gasteiger partial charge on any atom is -0.397 e. The van der Waals surface area contributed by atoms with E-state index in [2.05, 4.69) is 27.1 Å². The van der Waals surface area contributed by atoms with E-state index < -0.39 is 0 Å². The van der Waals surface area contributed by atoms with Gasteiger partial charge < -0.3 is 5.73 Å². The fourth-order valence-corrected chi connectivity index (χ4v) is 6.14. The van der Waals surface area contributed by atoms with Gasteiger partial charge in [-0.25, -0.2) is 15.0 Å². The number of thioether (sulfide) groups is 1. The molecule has 0 radical (unpaired) electrons. The van der Waals surface area contributed by atoms with E-state index in [9.17, 15) is 0 Å². The Hall–Kier alpha value is -2.51. The summed E-state index contributed by atoms with van der Waals surface area (Å²) in [6.45, 7) is 2.00. The number of nitrogen functional groups attached to an aromatic ring is 1. The van der Waals surface area contributed by atoms with Gasteiger partial charge in [-0.15, -0.1) is 23.1 Å². The first-order valence-electron chi connectivity index (χ1n) is 9.27. The Morgan fingerprint density at radius 1 is 1.14 bits per heavy atom. The van der Waals surface area contributed by atoms with Crippen molar-refractivity contribution in [3.05, 3.63) is 48.8 Å². The van der Waals surface area contributed by atoms with Crippen LogP contribution >= 0.6 is 23.1 Å². The molecular formula is C21H19N5S2. The van der Waals surface area contributed by atoms with Crippen LogP contribution in [0.4, 0.5) is 5.69 Å². The van der Waals surface area contributed by atoms with Gasteiger partial charge >= 0.3 is 0 Å². The monoisotopic (exact) mass is 405 g/mol. The Morgan fingerprint density at radius 3 is 2.68 bits per heavy atom. The topological polar surface area (TPSA) is 77.6 Å². The average Bonchev–Trinajstić information content (AvgIpc) is 3.00. The third-order valence-corrected chi connectivity index (χ3v) is 7.73. The van der Waals surface area contributed by atoms with Crippen LogP contribution in [-0.2, 0) is 0 Å². The standard InChI is InChI=1S/C21H19N5S2/c1-12-7-13(5-6-25-12)16-8-17(14-9-23-11-24-10-14)26-20-18(16)19(22)21(28-20)27-15-3-2-4-15/h5-11,15H,2-4,22H2,1H3. The van der Waals surface area contributed by atoms with Crippen molar-refractivity contribution in [3.8, 4) is 22.4 Å². The van der Waals surface area contributed by atoms with Crippen molar-refractivity contribution in [2.45, 2.75) is 35.6 Å². The molecule has 0 atom stereocenters. The second kappa shape index (κ2) is 7.14. The summed E-state index contributed by atoms with van der Waals surface area (Å²) in [7, 11) is 0. The molecule has 0 bridgehead atoms. The van der Waals surface area contributed by atoms with Crippen LogP contribution < -0.4 is 5.73 Å². The molecule has 5 nitrogen and oxygen atoms in total. The molecule has 4 heterocycles. The van der Waals surface area contributed by atoms with E-state index >= 15 is 0 Å². The van der Waals surface area contributed by atoms with E-state index in [-0.39, 0.29) is 0 Å². The molecule has 140 valence electrons. The zero-order valence-corrected chi connectivity index (χ0v) is 17.1. The van der Waals surface area contributed by atoms with Crippen molar-refractivity contribution in [3.63, 3.8) is 0 Å². The van der Waals surface area contributed by atoms with Crippen LogP contribution in [0.5, 0.6) is 0 Å². The number of fused-ring (bicyclic) bond motifs is 1. The predicted octanol–water partition coefficient (Wildman–Crippen LogP) is 5.35. The van der Waals surface area contributed by atoms with Crippen LogP contribution in [0.15, 0.2) is 47.3 Å². The Bertz CT molecular complexity index is 1150. The van der Waals surface area contributed by atoms with Gasteiger partial charge in [-0.3, -0.25) is 4.98 Å². The number of pyridine rings is 2. The van der Waals surface area contributed by atoms with Crippen LogP contribution in [0.1, 0.15) is 25.0 Å². The highest BCUT2D eigenvalue weighted by atomic mass is 32.2. The molecule has 0 unspecified atom stereocenters. The molecule has 1 aliphatic carbocycles. The summed E-state index contributed by atoms with van der Waals surface area (Å²) in [5.74, 6) is 0. The van der Waals surface area contributed by atoms with E-state index in [0.29, 0.717) is 5.25 Å². The highest BCUT2D eigenvalue weighted by Crippen LogP contribution is 2.48. The fourth-order valence-electron chi connectivity index (χ4n) is 3.35. The molecule has 7 heteroatoms. The molecule has 1 saturated carbocycles. The quantitative estimate of drug-likeness (QED) is 0.493. The third-order valence-electron chi connectivity index (χ3n) is 5.05. The van der Waals surface area contributed by atoms with Gasteiger partial charge in [-0.05, 0) is 49.1 Å². The van der Waals surface area contributed by atoms with Crippen LogP contribution in [0.2, 0.25) is 0 Å². The number of thiophene rings is 1. The molecule has 0 aromatic carbocycles. The minimum atomic E-state index is 0.684. The van der Waals surface area contributed by atoms with Gasteiger partial charge in [0, 0.05) is 40.5 Å². The van der Waals surface area contributed by atoms with Gasteiger partial charge in [0.25, 0.3) is 0 Å². The van der Waals surface area contributed by atoms with Crippen LogP contribution in [0, 0.1) is 6.92 Å². The van der Waals surface area contributed by atoms with E-state index in [4.69, 9.17) is 10.7 Å². The molecule has 4 aromatic rings. The Balaban J connectivity index is 1.73. The highest BCUT2D eigenvalue weighted by molar-refractivity contribution is 8.02. The van der Waals surface area contributed by atoms with Crippen LogP contribution in [-0.4, -0.2) is 25.2 Å². The molecule has 4 aromatic heterocycles. The first-order chi connectivity index (χ1) is 13.7. The van der Waals surface area contributed by atoms with Crippen molar-refractivity contribution < 1.29 is 0 Å². The van der Waals surface area contributed by atoms with Gasteiger partial charge in [-0.2, -0.15) is 0 Å². The largest absolute Gasteiger partial charge is 0.397 e. The molecule has 2 N–H and O–H groups in total. The molecule has 28 heavy (non-hydrogen) atoms. The molecule has 0 spiro atoms. The molecule has 1 fully saturated rings. The van der Waals surface area contributed by atoms with E-state index in [1.807, 2.05) is 30.9 Å². The maximum absolute atomic E-state index is 6.64. The number of hydrogen-bond donors (Lipinski definition) is 1. The highest BCUT2D eigenvalue weighted by Gasteiger charge is 2.24. The first kappa shape index (κ1) is 17.6. The molecule has 5 rings (SSSR count). The minimum absolute atomic E-state index is 0.684. The Kier molecular flexibility index (Phi) is 4.49. The summed E-state index contributed by atoms with van der Waals surface area (Å²) < 4.78 is 1.18. The lowest BCUT2D eigenvalue weighted by molar-refractivity contribution is 0.522. The summed E-state index contributed by atoms with van der Waals surface area (Å²) >= 11 is 3.60. The van der Waals surface area contributed by atoms with Gasteiger partial charge in [0.2, 0.25) is 0 Å². The Labute approximate surface area is 171 Å². The molecular weight excluding hydrogens is 386 g/mol. The van der Waals surface area contributed by atoms with Gasteiger partial charge in [0.1, 0.15) is 11.2 Å². The van der Waals surface area contributed by atoms with Crippen LogP contribution in [0.25, 0.3) is 32.6 Å². The van der Waals surface area contributed by atoms with Crippen molar-refractivity contribution in [1.82, 2.24) is 19.9 Å².